The number of hydrogen-bond acceptors (Lipinski definition) is 4. The number of aliphatic hydroxyl groups excluding tert-OH is 1. The van der Waals surface area contributed by atoms with Gasteiger partial charge in [0, 0.05) is 28.9 Å². The highest BCUT2D eigenvalue weighted by molar-refractivity contribution is 7.11. The van der Waals surface area contributed by atoms with Gasteiger partial charge in [0.15, 0.2) is 0 Å². The van der Waals surface area contributed by atoms with Crippen molar-refractivity contribution in [2.45, 2.75) is 45.9 Å². The third kappa shape index (κ3) is 6.06. The number of rotatable bonds is 9. The van der Waals surface area contributed by atoms with E-state index >= 15 is 0 Å². The zero-order valence-electron chi connectivity index (χ0n) is 12.6. The minimum atomic E-state index is -0.501. The molecule has 0 aliphatic heterocycles. The molecule has 112 valence electrons. The first-order chi connectivity index (χ1) is 9.56. The lowest BCUT2D eigenvalue weighted by atomic mass is 10.2. The van der Waals surface area contributed by atoms with Crippen molar-refractivity contribution < 1.29 is 9.84 Å². The van der Waals surface area contributed by atoms with Crippen molar-refractivity contribution in [1.82, 2.24) is 4.90 Å². The minimum Gasteiger partial charge on any atom is -0.389 e. The van der Waals surface area contributed by atoms with E-state index < -0.39 is 6.10 Å². The van der Waals surface area contributed by atoms with Crippen molar-refractivity contribution >= 4 is 11.3 Å². The number of thiophene rings is 1. The van der Waals surface area contributed by atoms with Crippen LogP contribution in [-0.4, -0.2) is 41.9 Å². The lowest BCUT2D eigenvalue weighted by Crippen LogP contribution is -2.39. The summed E-state index contributed by atoms with van der Waals surface area (Å²) in [4.78, 5) is 4.95. The van der Waals surface area contributed by atoms with Crippen LogP contribution in [0.15, 0.2) is 12.1 Å². The van der Waals surface area contributed by atoms with Crippen LogP contribution in [0.1, 0.15) is 30.0 Å². The van der Waals surface area contributed by atoms with Crippen LogP contribution in [0.4, 0.5) is 0 Å². The maximum Gasteiger partial charge on any atom is 0.107 e. The minimum absolute atomic E-state index is 0.254. The Morgan fingerprint density at radius 1 is 1.50 bits per heavy atom. The van der Waals surface area contributed by atoms with E-state index in [2.05, 4.69) is 43.7 Å². The predicted molar refractivity (Wildman–Crippen MR) is 84.9 cm³/mol. The summed E-state index contributed by atoms with van der Waals surface area (Å²) in [5.74, 6) is 2.41. The summed E-state index contributed by atoms with van der Waals surface area (Å²) in [6.07, 6.45) is 5.68. The Labute approximate surface area is 126 Å². The van der Waals surface area contributed by atoms with Crippen LogP contribution >= 0.6 is 11.3 Å². The zero-order chi connectivity index (χ0) is 15.0. The largest absolute Gasteiger partial charge is 0.389 e. The Bertz CT molecular complexity index is 424. The third-order valence-corrected chi connectivity index (χ3v) is 4.30. The molecular weight excluding hydrogens is 270 g/mol. The van der Waals surface area contributed by atoms with E-state index in [9.17, 15) is 5.11 Å². The van der Waals surface area contributed by atoms with E-state index in [1.54, 1.807) is 0 Å². The lowest BCUT2D eigenvalue weighted by molar-refractivity contribution is 0.0173. The van der Waals surface area contributed by atoms with E-state index in [4.69, 9.17) is 11.2 Å². The molecule has 2 atom stereocenters. The second-order valence-corrected chi connectivity index (χ2v) is 6.44. The van der Waals surface area contributed by atoms with Gasteiger partial charge in [0.25, 0.3) is 0 Å². The van der Waals surface area contributed by atoms with Crippen molar-refractivity contribution in [3.05, 3.63) is 21.9 Å². The first-order valence-corrected chi connectivity index (χ1v) is 7.87. The highest BCUT2D eigenvalue weighted by Crippen LogP contribution is 2.19. The molecule has 0 spiro atoms. The summed E-state index contributed by atoms with van der Waals surface area (Å²) in [5.41, 5.74) is 0. The average molecular weight is 295 g/mol. The van der Waals surface area contributed by atoms with E-state index in [0.717, 1.165) is 13.0 Å². The molecule has 0 unspecified atom stereocenters. The van der Waals surface area contributed by atoms with Crippen LogP contribution < -0.4 is 0 Å². The molecule has 0 fully saturated rings. The first-order valence-electron chi connectivity index (χ1n) is 7.05. The number of ether oxygens (including phenoxy) is 1. The standard InChI is InChI=1S/C16H25NO2S/c1-5-9-19-12-15(18)10-17(13(3)6-2)11-16-8-7-14(4)20-16/h1,7-8,13,15,18H,6,9-12H2,2-4H3/t13-,15-/m0/s1. The monoisotopic (exact) mass is 295 g/mol. The van der Waals surface area contributed by atoms with Crippen LogP contribution in [-0.2, 0) is 11.3 Å². The zero-order valence-corrected chi connectivity index (χ0v) is 13.4. The van der Waals surface area contributed by atoms with Gasteiger partial charge >= 0.3 is 0 Å². The summed E-state index contributed by atoms with van der Waals surface area (Å²) in [5, 5.41) is 10.0. The SMILES string of the molecule is C#CCOC[C@@H](O)CN(Cc1ccc(C)s1)[C@@H](C)CC. The highest BCUT2D eigenvalue weighted by Gasteiger charge is 2.17. The van der Waals surface area contributed by atoms with Gasteiger partial charge in [-0.3, -0.25) is 4.90 Å². The molecule has 0 aliphatic rings. The van der Waals surface area contributed by atoms with Gasteiger partial charge in [0.2, 0.25) is 0 Å². The molecule has 0 amide bonds. The number of aryl methyl sites for hydroxylation is 1. The maximum absolute atomic E-state index is 10.0. The molecular formula is C16H25NO2S. The second-order valence-electron chi connectivity index (χ2n) is 5.07. The smallest absolute Gasteiger partial charge is 0.107 e. The van der Waals surface area contributed by atoms with E-state index in [1.165, 1.54) is 9.75 Å². The second kappa shape index (κ2) is 9.15. The first kappa shape index (κ1) is 17.2. The molecule has 3 nitrogen and oxygen atoms in total. The van der Waals surface area contributed by atoms with E-state index in [-0.39, 0.29) is 6.61 Å². The third-order valence-electron chi connectivity index (χ3n) is 3.31. The van der Waals surface area contributed by atoms with Gasteiger partial charge in [-0.05, 0) is 32.4 Å². The van der Waals surface area contributed by atoms with Crippen molar-refractivity contribution in [2.75, 3.05) is 19.8 Å². The Balaban J connectivity index is 2.53. The maximum atomic E-state index is 10.0. The van der Waals surface area contributed by atoms with E-state index in [1.807, 2.05) is 11.3 Å². The summed E-state index contributed by atoms with van der Waals surface area (Å²) in [6.45, 7) is 8.50. The lowest BCUT2D eigenvalue weighted by Gasteiger charge is -2.29. The summed E-state index contributed by atoms with van der Waals surface area (Å²) in [6, 6.07) is 4.73. The highest BCUT2D eigenvalue weighted by atomic mass is 32.1. The predicted octanol–water partition coefficient (Wildman–Crippen LogP) is 2.67. The molecule has 4 heteroatoms. The van der Waals surface area contributed by atoms with Gasteiger partial charge in [-0.2, -0.15) is 0 Å². The molecule has 0 saturated heterocycles. The van der Waals surface area contributed by atoms with Crippen molar-refractivity contribution in [3.63, 3.8) is 0 Å². The topological polar surface area (TPSA) is 32.7 Å². The molecule has 0 aliphatic carbocycles. The van der Waals surface area contributed by atoms with Gasteiger partial charge in [0.05, 0.1) is 12.7 Å². The van der Waals surface area contributed by atoms with Crippen molar-refractivity contribution in [2.24, 2.45) is 0 Å². The fourth-order valence-electron chi connectivity index (χ4n) is 2.01. The van der Waals surface area contributed by atoms with Crippen LogP contribution in [0.25, 0.3) is 0 Å². The molecule has 1 aromatic rings. The van der Waals surface area contributed by atoms with Crippen LogP contribution in [0.2, 0.25) is 0 Å². The number of nitrogens with zero attached hydrogens (tertiary/aromatic N) is 1. The number of terminal acetylenes is 1. The molecule has 0 radical (unpaired) electrons. The number of hydrogen-bond donors (Lipinski definition) is 1. The molecule has 0 bridgehead atoms. The Morgan fingerprint density at radius 3 is 2.80 bits per heavy atom. The van der Waals surface area contributed by atoms with Gasteiger partial charge in [0.1, 0.15) is 6.61 Å². The van der Waals surface area contributed by atoms with Gasteiger partial charge in [-0.15, -0.1) is 17.8 Å². The molecule has 1 aromatic heterocycles. The summed E-state index contributed by atoms with van der Waals surface area (Å²) in [7, 11) is 0. The van der Waals surface area contributed by atoms with Gasteiger partial charge in [-0.25, -0.2) is 0 Å². The van der Waals surface area contributed by atoms with Crippen LogP contribution in [0, 0.1) is 19.3 Å². The van der Waals surface area contributed by atoms with Gasteiger partial charge < -0.3 is 9.84 Å². The van der Waals surface area contributed by atoms with Crippen LogP contribution in [0.3, 0.4) is 0 Å². The normalized spacial score (nSPS) is 14.2. The quantitative estimate of drug-likeness (QED) is 0.561. The Hall–Kier alpha value is -0.860. The van der Waals surface area contributed by atoms with Crippen molar-refractivity contribution in [1.29, 1.82) is 0 Å². The van der Waals surface area contributed by atoms with E-state index in [0.29, 0.717) is 19.2 Å². The molecule has 20 heavy (non-hydrogen) atoms. The Kier molecular flexibility index (Phi) is 7.86. The van der Waals surface area contributed by atoms with Gasteiger partial charge in [-0.1, -0.05) is 12.8 Å². The molecule has 0 saturated carbocycles. The van der Waals surface area contributed by atoms with Crippen LogP contribution in [0.5, 0.6) is 0 Å². The molecule has 1 N–H and O–H groups in total. The van der Waals surface area contributed by atoms with Crippen molar-refractivity contribution in [3.8, 4) is 12.3 Å². The summed E-state index contributed by atoms with van der Waals surface area (Å²) < 4.78 is 5.20. The Morgan fingerprint density at radius 2 is 2.25 bits per heavy atom. The molecule has 1 heterocycles. The molecule has 1 rings (SSSR count). The number of aliphatic hydroxyl groups is 1. The average Bonchev–Trinajstić information content (AvgIpc) is 2.83. The fourth-order valence-corrected chi connectivity index (χ4v) is 2.92. The summed E-state index contributed by atoms with van der Waals surface area (Å²) >= 11 is 1.81. The fraction of sp³-hybridized carbons (Fsp3) is 0.625. The molecule has 0 aromatic carbocycles.